The number of carbonyl (C=O) groups excluding carboxylic acids is 1. The molecule has 0 bridgehead atoms. The van der Waals surface area contributed by atoms with Gasteiger partial charge in [0.25, 0.3) is 0 Å². The van der Waals surface area contributed by atoms with E-state index in [9.17, 15) is 22.4 Å². The van der Waals surface area contributed by atoms with E-state index in [1.165, 1.54) is 6.92 Å². The highest BCUT2D eigenvalue weighted by Gasteiger charge is 2.31. The summed E-state index contributed by atoms with van der Waals surface area (Å²) in [7, 11) is 0. The monoisotopic (exact) mass is 323 g/mol. The van der Waals surface area contributed by atoms with E-state index in [-0.39, 0.29) is 5.56 Å². The molecule has 0 fully saturated rings. The Morgan fingerprint density at radius 3 is 2.32 bits per heavy atom. The number of halogens is 4. The maximum Gasteiger partial charge on any atom is 0.573 e. The van der Waals surface area contributed by atoms with Crippen LogP contribution in [0.4, 0.5) is 22.4 Å². The fourth-order valence-electron chi connectivity index (χ4n) is 1.61. The number of hydrogen-bond acceptors (Lipinski definition) is 3. The average Bonchev–Trinajstić information content (AvgIpc) is 2.26. The van der Waals surface area contributed by atoms with Crippen molar-refractivity contribution in [3.63, 3.8) is 0 Å². The molecule has 8 heteroatoms. The van der Waals surface area contributed by atoms with Crippen LogP contribution < -0.4 is 10.1 Å². The van der Waals surface area contributed by atoms with Crippen LogP contribution in [0.25, 0.3) is 0 Å². The molecule has 124 valence electrons. The van der Waals surface area contributed by atoms with Gasteiger partial charge in [0.2, 0.25) is 0 Å². The molecule has 1 aromatic carbocycles. The molecular weight excluding hydrogens is 306 g/mol. The van der Waals surface area contributed by atoms with Gasteiger partial charge in [-0.25, -0.2) is 9.18 Å². The molecule has 0 unspecified atom stereocenters. The van der Waals surface area contributed by atoms with Crippen molar-refractivity contribution < 1.29 is 31.8 Å². The van der Waals surface area contributed by atoms with Crippen LogP contribution in [0.2, 0.25) is 0 Å². The van der Waals surface area contributed by atoms with Gasteiger partial charge >= 0.3 is 12.5 Å². The summed E-state index contributed by atoms with van der Waals surface area (Å²) in [5.41, 5.74) is -0.892. The summed E-state index contributed by atoms with van der Waals surface area (Å²) in [6.07, 6.45) is -5.68. The second-order valence-electron chi connectivity index (χ2n) is 5.60. The number of alkyl halides is 3. The molecule has 1 N–H and O–H groups in total. The lowest BCUT2D eigenvalue weighted by Gasteiger charge is -2.22. The minimum atomic E-state index is -4.88. The van der Waals surface area contributed by atoms with Gasteiger partial charge in [0.1, 0.15) is 17.2 Å². The van der Waals surface area contributed by atoms with Crippen LogP contribution in [0.15, 0.2) is 18.2 Å². The summed E-state index contributed by atoms with van der Waals surface area (Å²) in [6.45, 7) is 6.36. The Hall–Kier alpha value is -1.99. The van der Waals surface area contributed by atoms with Gasteiger partial charge in [0.05, 0.1) is 6.04 Å². The second-order valence-corrected chi connectivity index (χ2v) is 5.60. The van der Waals surface area contributed by atoms with Gasteiger partial charge in [0, 0.05) is 5.56 Å². The lowest BCUT2D eigenvalue weighted by Crippen LogP contribution is -2.34. The average molecular weight is 323 g/mol. The number of nitrogens with one attached hydrogen (secondary N) is 1. The SMILES string of the molecule is C[C@@H](NC(=O)OC(C)(C)C)c1cc(OC(F)(F)F)ccc1F. The van der Waals surface area contributed by atoms with Gasteiger partial charge in [-0.05, 0) is 45.9 Å². The minimum Gasteiger partial charge on any atom is -0.444 e. The third kappa shape index (κ3) is 6.19. The van der Waals surface area contributed by atoms with Crippen LogP contribution in [0, 0.1) is 5.82 Å². The van der Waals surface area contributed by atoms with E-state index < -0.39 is 35.7 Å². The lowest BCUT2D eigenvalue weighted by atomic mass is 10.1. The third-order valence-electron chi connectivity index (χ3n) is 2.40. The zero-order valence-corrected chi connectivity index (χ0v) is 12.5. The van der Waals surface area contributed by atoms with Crippen LogP contribution in [0.1, 0.15) is 39.3 Å². The molecule has 1 atom stereocenters. The predicted octanol–water partition coefficient (Wildman–Crippen LogP) is 4.31. The number of amides is 1. The van der Waals surface area contributed by atoms with Gasteiger partial charge < -0.3 is 14.8 Å². The van der Waals surface area contributed by atoms with Crippen molar-refractivity contribution in [2.75, 3.05) is 0 Å². The molecular formula is C14H17F4NO3. The van der Waals surface area contributed by atoms with Crippen molar-refractivity contribution >= 4 is 6.09 Å². The van der Waals surface area contributed by atoms with E-state index in [0.29, 0.717) is 0 Å². The molecule has 0 spiro atoms. The summed E-state index contributed by atoms with van der Waals surface area (Å²) >= 11 is 0. The predicted molar refractivity (Wildman–Crippen MR) is 70.9 cm³/mol. The zero-order valence-electron chi connectivity index (χ0n) is 12.5. The molecule has 1 amide bonds. The van der Waals surface area contributed by atoms with E-state index in [4.69, 9.17) is 4.74 Å². The van der Waals surface area contributed by atoms with E-state index in [1.807, 2.05) is 0 Å². The minimum absolute atomic E-state index is 0.146. The molecule has 0 heterocycles. The van der Waals surface area contributed by atoms with Crippen molar-refractivity contribution in [2.24, 2.45) is 0 Å². The zero-order chi connectivity index (χ0) is 17.1. The maximum absolute atomic E-state index is 13.7. The molecule has 1 rings (SSSR count). The van der Waals surface area contributed by atoms with E-state index >= 15 is 0 Å². The van der Waals surface area contributed by atoms with Gasteiger partial charge in [-0.3, -0.25) is 0 Å². The molecule has 0 aliphatic heterocycles. The highest BCUT2D eigenvalue weighted by molar-refractivity contribution is 5.68. The smallest absolute Gasteiger partial charge is 0.444 e. The number of benzene rings is 1. The standard InChI is InChI=1S/C14H17F4NO3/c1-8(19-12(20)22-13(2,3)4)10-7-9(5-6-11(10)15)21-14(16,17)18/h5-8H,1-4H3,(H,19,20)/t8-/m1/s1. The quantitative estimate of drug-likeness (QED) is 0.843. The van der Waals surface area contributed by atoms with Crippen molar-refractivity contribution in [3.05, 3.63) is 29.6 Å². The van der Waals surface area contributed by atoms with Gasteiger partial charge in [-0.2, -0.15) is 0 Å². The highest BCUT2D eigenvalue weighted by Crippen LogP contribution is 2.27. The Bertz CT molecular complexity index is 538. The normalized spacial score (nSPS) is 13.5. The maximum atomic E-state index is 13.7. The van der Waals surface area contributed by atoms with Gasteiger partial charge in [-0.15, -0.1) is 13.2 Å². The van der Waals surface area contributed by atoms with Gasteiger partial charge in [-0.1, -0.05) is 0 Å². The fraction of sp³-hybridized carbons (Fsp3) is 0.500. The molecule has 1 aromatic rings. The number of carbonyl (C=O) groups is 1. The van der Waals surface area contributed by atoms with E-state index in [2.05, 4.69) is 10.1 Å². The Balaban J connectivity index is 2.86. The van der Waals surface area contributed by atoms with Crippen molar-refractivity contribution in [1.82, 2.24) is 5.32 Å². The Kier molecular flexibility index (Phi) is 5.26. The first-order valence-electron chi connectivity index (χ1n) is 6.42. The van der Waals surface area contributed by atoms with E-state index in [0.717, 1.165) is 18.2 Å². The molecule has 0 saturated heterocycles. The largest absolute Gasteiger partial charge is 0.573 e. The second kappa shape index (κ2) is 6.41. The summed E-state index contributed by atoms with van der Waals surface area (Å²) in [5.74, 6) is -1.33. The van der Waals surface area contributed by atoms with Crippen molar-refractivity contribution in [1.29, 1.82) is 0 Å². The first kappa shape index (κ1) is 18.1. The molecule has 0 saturated carbocycles. The molecule has 0 aliphatic rings. The molecule has 4 nitrogen and oxygen atoms in total. The van der Waals surface area contributed by atoms with Crippen LogP contribution in [-0.4, -0.2) is 18.1 Å². The number of hydrogen-bond donors (Lipinski definition) is 1. The highest BCUT2D eigenvalue weighted by atomic mass is 19.4. The Morgan fingerprint density at radius 1 is 1.23 bits per heavy atom. The third-order valence-corrected chi connectivity index (χ3v) is 2.40. The fourth-order valence-corrected chi connectivity index (χ4v) is 1.61. The first-order valence-corrected chi connectivity index (χ1v) is 6.42. The van der Waals surface area contributed by atoms with Crippen molar-refractivity contribution in [2.45, 2.75) is 45.7 Å². The summed E-state index contributed by atoms with van der Waals surface area (Å²) in [6, 6.07) is 1.67. The molecule has 0 radical (unpaired) electrons. The lowest BCUT2D eigenvalue weighted by molar-refractivity contribution is -0.274. The van der Waals surface area contributed by atoms with Crippen molar-refractivity contribution in [3.8, 4) is 5.75 Å². The van der Waals surface area contributed by atoms with Crippen LogP contribution in [0.3, 0.4) is 0 Å². The summed E-state index contributed by atoms with van der Waals surface area (Å²) in [4.78, 5) is 11.6. The number of rotatable bonds is 3. The Morgan fingerprint density at radius 2 is 1.82 bits per heavy atom. The Labute approximate surface area is 125 Å². The first-order chi connectivity index (χ1) is 9.87. The van der Waals surface area contributed by atoms with Crippen LogP contribution >= 0.6 is 0 Å². The van der Waals surface area contributed by atoms with Gasteiger partial charge in [0.15, 0.2) is 0 Å². The van der Waals surface area contributed by atoms with Crippen LogP contribution in [-0.2, 0) is 4.74 Å². The topological polar surface area (TPSA) is 47.6 Å². The summed E-state index contributed by atoms with van der Waals surface area (Å²) in [5, 5.41) is 2.35. The number of alkyl carbamates (subject to hydrolysis) is 1. The van der Waals surface area contributed by atoms with Crippen LogP contribution in [0.5, 0.6) is 5.75 Å². The molecule has 0 aromatic heterocycles. The molecule has 22 heavy (non-hydrogen) atoms. The van der Waals surface area contributed by atoms with E-state index in [1.54, 1.807) is 20.8 Å². The molecule has 0 aliphatic carbocycles. The summed E-state index contributed by atoms with van der Waals surface area (Å²) < 4.78 is 58.9. The number of ether oxygens (including phenoxy) is 2.